The highest BCUT2D eigenvalue weighted by Gasteiger charge is 2.20. The van der Waals surface area contributed by atoms with Crippen LogP contribution < -0.4 is 0 Å². The number of aryl methyl sites for hydroxylation is 2. The van der Waals surface area contributed by atoms with E-state index in [1.54, 1.807) is 29.8 Å². The van der Waals surface area contributed by atoms with Gasteiger partial charge in [0.25, 0.3) is 0 Å². The normalized spacial score (nSPS) is 13.9. The molecule has 1 aromatic carbocycles. The van der Waals surface area contributed by atoms with Crippen molar-refractivity contribution in [3.05, 3.63) is 52.4 Å². The lowest BCUT2D eigenvalue weighted by molar-refractivity contribution is 0.102. The number of thiophene rings is 1. The summed E-state index contributed by atoms with van der Waals surface area (Å²) in [6.07, 6.45) is 6.17. The molecular weight excluding hydrogens is 343 g/mol. The van der Waals surface area contributed by atoms with Gasteiger partial charge < -0.3 is 0 Å². The minimum atomic E-state index is -0.387. The van der Waals surface area contributed by atoms with Gasteiger partial charge in [-0.1, -0.05) is 23.9 Å². The van der Waals surface area contributed by atoms with Crippen molar-refractivity contribution in [3.8, 4) is 0 Å². The van der Waals surface area contributed by atoms with Gasteiger partial charge in [-0.15, -0.1) is 11.3 Å². The SMILES string of the molecule is O=C(CSc1ncnc2sc3c(c12)CCCC3)c1cccc(F)c1. The molecule has 0 N–H and O–H groups in total. The third-order valence-corrected chi connectivity index (χ3v) is 6.39. The van der Waals surface area contributed by atoms with Crippen molar-refractivity contribution in [2.45, 2.75) is 30.7 Å². The molecule has 3 nitrogen and oxygen atoms in total. The van der Waals surface area contributed by atoms with Gasteiger partial charge in [0.1, 0.15) is 22.0 Å². The molecule has 2 heterocycles. The number of carbonyl (C=O) groups excluding carboxylic acids is 1. The van der Waals surface area contributed by atoms with Crippen molar-refractivity contribution in [1.82, 2.24) is 9.97 Å². The lowest BCUT2D eigenvalue weighted by atomic mass is 9.97. The van der Waals surface area contributed by atoms with E-state index in [0.29, 0.717) is 5.56 Å². The highest BCUT2D eigenvalue weighted by Crippen LogP contribution is 2.39. The summed E-state index contributed by atoms with van der Waals surface area (Å²) in [7, 11) is 0. The van der Waals surface area contributed by atoms with Crippen LogP contribution in [-0.4, -0.2) is 21.5 Å². The van der Waals surface area contributed by atoms with Crippen molar-refractivity contribution < 1.29 is 9.18 Å². The molecule has 0 aliphatic heterocycles. The van der Waals surface area contributed by atoms with E-state index >= 15 is 0 Å². The van der Waals surface area contributed by atoms with Crippen molar-refractivity contribution in [2.24, 2.45) is 0 Å². The number of thioether (sulfide) groups is 1. The number of fused-ring (bicyclic) bond motifs is 3. The zero-order valence-corrected chi connectivity index (χ0v) is 14.6. The fraction of sp³-hybridized carbons (Fsp3) is 0.278. The van der Waals surface area contributed by atoms with Gasteiger partial charge >= 0.3 is 0 Å². The molecule has 6 heteroatoms. The van der Waals surface area contributed by atoms with E-state index in [1.165, 1.54) is 47.2 Å². The maximum atomic E-state index is 13.3. The number of halogens is 1. The van der Waals surface area contributed by atoms with Crippen LogP contribution in [0, 0.1) is 5.82 Å². The summed E-state index contributed by atoms with van der Waals surface area (Å²) in [6, 6.07) is 5.83. The molecule has 0 bridgehead atoms. The van der Waals surface area contributed by atoms with Crippen molar-refractivity contribution >= 4 is 39.1 Å². The Balaban J connectivity index is 1.61. The van der Waals surface area contributed by atoms with E-state index in [-0.39, 0.29) is 17.4 Å². The summed E-state index contributed by atoms with van der Waals surface area (Å²) in [5, 5.41) is 1.98. The first kappa shape index (κ1) is 15.7. The number of benzene rings is 1. The van der Waals surface area contributed by atoms with Gasteiger partial charge in [0.05, 0.1) is 5.75 Å². The number of carbonyl (C=O) groups is 1. The summed E-state index contributed by atoms with van der Waals surface area (Å²) in [5.41, 5.74) is 1.77. The number of ketones is 1. The number of nitrogens with zero attached hydrogens (tertiary/aromatic N) is 2. The third-order valence-electron chi connectivity index (χ3n) is 4.20. The molecular formula is C18H15FN2OS2. The Kier molecular flexibility index (Phi) is 4.33. The van der Waals surface area contributed by atoms with Gasteiger partial charge in [0.2, 0.25) is 0 Å². The molecule has 4 rings (SSSR count). The quantitative estimate of drug-likeness (QED) is 0.386. The van der Waals surface area contributed by atoms with Crippen LogP contribution in [0.1, 0.15) is 33.6 Å². The Morgan fingerprint density at radius 3 is 3.00 bits per heavy atom. The van der Waals surface area contributed by atoms with Gasteiger partial charge in [-0.2, -0.15) is 0 Å². The fourth-order valence-electron chi connectivity index (χ4n) is 3.05. The average molecular weight is 358 g/mol. The van der Waals surface area contributed by atoms with Crippen LogP contribution in [0.5, 0.6) is 0 Å². The number of hydrogen-bond acceptors (Lipinski definition) is 5. The summed E-state index contributed by atoms with van der Waals surface area (Å²) >= 11 is 3.17. The fourth-order valence-corrected chi connectivity index (χ4v) is 5.26. The predicted molar refractivity (Wildman–Crippen MR) is 95.5 cm³/mol. The second kappa shape index (κ2) is 6.61. The second-order valence-electron chi connectivity index (χ2n) is 5.79. The Morgan fingerprint density at radius 2 is 2.12 bits per heavy atom. The maximum absolute atomic E-state index is 13.3. The van der Waals surface area contributed by atoms with E-state index in [9.17, 15) is 9.18 Å². The summed E-state index contributed by atoms with van der Waals surface area (Å²) in [4.78, 5) is 23.5. The number of hydrogen-bond donors (Lipinski definition) is 0. The lowest BCUT2D eigenvalue weighted by Crippen LogP contribution is -2.04. The molecule has 1 aliphatic rings. The van der Waals surface area contributed by atoms with E-state index in [4.69, 9.17) is 0 Å². The standard InChI is InChI=1S/C18H15FN2OS2/c19-12-5-3-4-11(8-12)14(22)9-23-17-16-13-6-1-2-7-15(13)24-18(16)21-10-20-17/h3-5,8,10H,1-2,6-7,9H2. The van der Waals surface area contributed by atoms with Crippen LogP contribution in [0.3, 0.4) is 0 Å². The van der Waals surface area contributed by atoms with E-state index < -0.39 is 0 Å². The Hall–Kier alpha value is -1.79. The summed E-state index contributed by atoms with van der Waals surface area (Å²) in [5.74, 6) is -0.224. The molecule has 122 valence electrons. The molecule has 0 fully saturated rings. The largest absolute Gasteiger partial charge is 0.293 e. The van der Waals surface area contributed by atoms with E-state index in [1.807, 2.05) is 0 Å². The molecule has 0 atom stereocenters. The predicted octanol–water partition coefficient (Wildman–Crippen LogP) is 4.68. The van der Waals surface area contributed by atoms with Gasteiger partial charge in [-0.05, 0) is 43.4 Å². The molecule has 1 aliphatic carbocycles. The van der Waals surface area contributed by atoms with Gasteiger partial charge in [0, 0.05) is 15.8 Å². The Bertz CT molecular complexity index is 923. The van der Waals surface area contributed by atoms with Crippen LogP contribution in [0.2, 0.25) is 0 Å². The number of Topliss-reactive ketones (excluding diaryl/α,β-unsaturated/α-hetero) is 1. The van der Waals surface area contributed by atoms with Crippen LogP contribution in [0.25, 0.3) is 10.2 Å². The van der Waals surface area contributed by atoms with Gasteiger partial charge in [0.15, 0.2) is 5.78 Å². The first-order chi connectivity index (χ1) is 11.7. The molecule has 0 saturated carbocycles. The molecule has 0 amide bonds. The zero-order valence-electron chi connectivity index (χ0n) is 12.9. The van der Waals surface area contributed by atoms with Crippen molar-refractivity contribution in [3.63, 3.8) is 0 Å². The van der Waals surface area contributed by atoms with Crippen molar-refractivity contribution in [2.75, 3.05) is 5.75 Å². The van der Waals surface area contributed by atoms with Crippen LogP contribution in [-0.2, 0) is 12.8 Å². The van der Waals surface area contributed by atoms with E-state index in [2.05, 4.69) is 9.97 Å². The average Bonchev–Trinajstić information content (AvgIpc) is 2.99. The Labute approximate surface area is 147 Å². The summed E-state index contributed by atoms with van der Waals surface area (Å²) in [6.45, 7) is 0. The second-order valence-corrected chi connectivity index (χ2v) is 7.84. The van der Waals surface area contributed by atoms with Crippen molar-refractivity contribution in [1.29, 1.82) is 0 Å². The smallest absolute Gasteiger partial charge is 0.173 e. The highest BCUT2D eigenvalue weighted by molar-refractivity contribution is 8.00. The first-order valence-electron chi connectivity index (χ1n) is 7.89. The Morgan fingerprint density at radius 1 is 1.25 bits per heavy atom. The van der Waals surface area contributed by atoms with Crippen LogP contribution in [0.15, 0.2) is 35.6 Å². The zero-order chi connectivity index (χ0) is 16.5. The first-order valence-corrected chi connectivity index (χ1v) is 9.69. The number of aromatic nitrogens is 2. The van der Waals surface area contributed by atoms with E-state index in [0.717, 1.165) is 28.1 Å². The minimum absolute atomic E-state index is 0.0876. The number of rotatable bonds is 4. The molecule has 0 unspecified atom stereocenters. The van der Waals surface area contributed by atoms with Gasteiger partial charge in [-0.3, -0.25) is 4.79 Å². The molecule has 2 aromatic heterocycles. The topological polar surface area (TPSA) is 42.9 Å². The molecule has 0 saturated heterocycles. The maximum Gasteiger partial charge on any atom is 0.173 e. The lowest BCUT2D eigenvalue weighted by Gasteiger charge is -2.11. The third kappa shape index (κ3) is 2.96. The van der Waals surface area contributed by atoms with Crippen LogP contribution in [0.4, 0.5) is 4.39 Å². The highest BCUT2D eigenvalue weighted by atomic mass is 32.2. The monoisotopic (exact) mass is 358 g/mol. The molecule has 0 radical (unpaired) electrons. The molecule has 0 spiro atoms. The summed E-state index contributed by atoms with van der Waals surface area (Å²) < 4.78 is 13.3. The minimum Gasteiger partial charge on any atom is -0.293 e. The molecule has 24 heavy (non-hydrogen) atoms. The van der Waals surface area contributed by atoms with Gasteiger partial charge in [-0.25, -0.2) is 14.4 Å². The molecule has 3 aromatic rings. The van der Waals surface area contributed by atoms with Crippen LogP contribution >= 0.6 is 23.1 Å².